The minimum Gasteiger partial charge on any atom is -0.453 e. The van der Waals surface area contributed by atoms with Crippen LogP contribution >= 0.6 is 24.0 Å². The summed E-state index contributed by atoms with van der Waals surface area (Å²) in [6, 6.07) is 6.83. The predicted molar refractivity (Wildman–Crippen MR) is 61.9 cm³/mol. The zero-order chi connectivity index (χ0) is 10.1. The summed E-state index contributed by atoms with van der Waals surface area (Å²) in [6.07, 6.45) is 0. The number of hydrogen-bond donors (Lipinski definition) is 1. The van der Waals surface area contributed by atoms with Gasteiger partial charge in [0.25, 0.3) is 0 Å². The van der Waals surface area contributed by atoms with Crippen LogP contribution in [0, 0.1) is 0 Å². The van der Waals surface area contributed by atoms with Crippen LogP contribution in [0.15, 0.2) is 28.7 Å². The highest BCUT2D eigenvalue weighted by atomic mass is 35.5. The molecular formula is C10H9Cl2NO2. The molecule has 0 bridgehead atoms. The van der Waals surface area contributed by atoms with E-state index in [0.29, 0.717) is 10.6 Å². The van der Waals surface area contributed by atoms with Crippen LogP contribution in [0.1, 0.15) is 10.6 Å². The minimum absolute atomic E-state index is 0. The molecule has 0 saturated heterocycles. The highest BCUT2D eigenvalue weighted by Crippen LogP contribution is 2.22. The van der Waals surface area contributed by atoms with Crippen molar-refractivity contribution < 1.29 is 9.21 Å². The van der Waals surface area contributed by atoms with Gasteiger partial charge >= 0.3 is 0 Å². The van der Waals surface area contributed by atoms with Crippen LogP contribution in [0.25, 0.3) is 11.0 Å². The summed E-state index contributed by atoms with van der Waals surface area (Å²) >= 11 is 5.79. The monoisotopic (exact) mass is 245 g/mol. The molecule has 1 aromatic carbocycles. The number of hydrogen-bond acceptors (Lipinski definition) is 3. The van der Waals surface area contributed by atoms with E-state index < -0.39 is 0 Å². The molecule has 3 nitrogen and oxygen atoms in total. The fourth-order valence-corrected chi connectivity index (χ4v) is 1.43. The van der Waals surface area contributed by atoms with E-state index in [1.54, 1.807) is 24.3 Å². The topological polar surface area (TPSA) is 56.2 Å². The Morgan fingerprint density at radius 3 is 2.80 bits per heavy atom. The Kier molecular flexibility index (Phi) is 3.74. The number of rotatable bonds is 2. The maximum atomic E-state index is 11.2. The molecule has 2 rings (SSSR count). The molecule has 0 spiro atoms. The number of benzene rings is 1. The molecule has 0 aliphatic rings. The molecule has 5 heteroatoms. The van der Waals surface area contributed by atoms with Crippen LogP contribution in [-0.4, -0.2) is 12.3 Å². The summed E-state index contributed by atoms with van der Waals surface area (Å²) in [5.41, 5.74) is 5.86. The highest BCUT2D eigenvalue weighted by Gasteiger charge is 2.10. The maximum Gasteiger partial charge on any atom is 0.211 e. The fourth-order valence-electron chi connectivity index (χ4n) is 1.25. The van der Waals surface area contributed by atoms with Gasteiger partial charge < -0.3 is 10.2 Å². The average Bonchev–Trinajstić information content (AvgIpc) is 2.59. The first kappa shape index (κ1) is 12.0. The molecule has 0 saturated carbocycles. The third-order valence-corrected chi connectivity index (χ3v) is 2.17. The molecule has 0 amide bonds. The van der Waals surface area contributed by atoms with Gasteiger partial charge in [-0.3, -0.25) is 4.79 Å². The SMILES string of the molecule is Cl.NCC(=O)c1cc2cc(Cl)ccc2o1. The van der Waals surface area contributed by atoms with Gasteiger partial charge in [-0.1, -0.05) is 11.6 Å². The van der Waals surface area contributed by atoms with Gasteiger partial charge in [0.1, 0.15) is 5.58 Å². The van der Waals surface area contributed by atoms with Crippen molar-refractivity contribution in [2.75, 3.05) is 6.54 Å². The van der Waals surface area contributed by atoms with E-state index in [0.717, 1.165) is 5.39 Å². The van der Waals surface area contributed by atoms with Crippen molar-refractivity contribution in [2.45, 2.75) is 0 Å². The van der Waals surface area contributed by atoms with Crippen LogP contribution in [0.5, 0.6) is 0 Å². The number of halogens is 2. The molecule has 0 radical (unpaired) electrons. The molecule has 1 aromatic heterocycles. The summed E-state index contributed by atoms with van der Waals surface area (Å²) in [5.74, 6) is 0.0714. The minimum atomic E-state index is -0.211. The largest absolute Gasteiger partial charge is 0.453 e. The standard InChI is InChI=1S/C10H8ClNO2.ClH/c11-7-1-2-9-6(3-7)4-10(14-9)8(13)5-12;/h1-4H,5,12H2;1H. The van der Waals surface area contributed by atoms with Crippen LogP contribution in [0.2, 0.25) is 5.02 Å². The molecule has 2 aromatic rings. The van der Waals surface area contributed by atoms with Crippen LogP contribution in [-0.2, 0) is 0 Å². The lowest BCUT2D eigenvalue weighted by molar-refractivity contribution is 0.0977. The molecular weight excluding hydrogens is 237 g/mol. The average molecular weight is 246 g/mol. The first-order chi connectivity index (χ1) is 6.70. The van der Waals surface area contributed by atoms with E-state index in [2.05, 4.69) is 0 Å². The Morgan fingerprint density at radius 1 is 1.40 bits per heavy atom. The molecule has 2 N–H and O–H groups in total. The van der Waals surface area contributed by atoms with Gasteiger partial charge in [-0.2, -0.15) is 0 Å². The smallest absolute Gasteiger partial charge is 0.211 e. The summed E-state index contributed by atoms with van der Waals surface area (Å²) in [5, 5.41) is 1.43. The van der Waals surface area contributed by atoms with Gasteiger partial charge in [0.05, 0.1) is 6.54 Å². The van der Waals surface area contributed by atoms with Crippen LogP contribution in [0.3, 0.4) is 0 Å². The number of furan rings is 1. The first-order valence-electron chi connectivity index (χ1n) is 4.13. The van der Waals surface area contributed by atoms with Gasteiger partial charge in [0.15, 0.2) is 5.76 Å². The lowest BCUT2D eigenvalue weighted by Crippen LogP contribution is -2.12. The van der Waals surface area contributed by atoms with Crippen molar-refractivity contribution in [1.82, 2.24) is 0 Å². The zero-order valence-corrected chi connectivity index (χ0v) is 9.27. The Hall–Kier alpha value is -1.03. The van der Waals surface area contributed by atoms with Crippen molar-refractivity contribution in [3.05, 3.63) is 35.0 Å². The number of carbonyl (C=O) groups excluding carboxylic acids is 1. The second-order valence-electron chi connectivity index (χ2n) is 2.92. The summed E-state index contributed by atoms with van der Waals surface area (Å²) in [4.78, 5) is 11.2. The van der Waals surface area contributed by atoms with Gasteiger partial charge in [0.2, 0.25) is 5.78 Å². The predicted octanol–water partition coefficient (Wildman–Crippen LogP) is 2.65. The number of Topliss-reactive ketones (excluding diaryl/α,β-unsaturated/α-hetero) is 1. The van der Waals surface area contributed by atoms with E-state index in [4.69, 9.17) is 21.8 Å². The maximum absolute atomic E-state index is 11.2. The van der Waals surface area contributed by atoms with Crippen molar-refractivity contribution in [3.8, 4) is 0 Å². The lowest BCUT2D eigenvalue weighted by Gasteiger charge is -1.88. The first-order valence-corrected chi connectivity index (χ1v) is 4.51. The second-order valence-corrected chi connectivity index (χ2v) is 3.36. The molecule has 0 fully saturated rings. The highest BCUT2D eigenvalue weighted by molar-refractivity contribution is 6.31. The fraction of sp³-hybridized carbons (Fsp3) is 0.100. The Morgan fingerprint density at radius 2 is 2.13 bits per heavy atom. The van der Waals surface area contributed by atoms with Gasteiger partial charge in [-0.15, -0.1) is 12.4 Å². The quantitative estimate of drug-likeness (QED) is 0.828. The lowest BCUT2D eigenvalue weighted by atomic mass is 10.2. The molecule has 0 atom stereocenters. The summed E-state index contributed by atoms with van der Waals surface area (Å²) < 4.78 is 5.29. The van der Waals surface area contributed by atoms with Crippen molar-refractivity contribution in [1.29, 1.82) is 0 Å². The van der Waals surface area contributed by atoms with E-state index in [1.807, 2.05) is 0 Å². The van der Waals surface area contributed by atoms with Gasteiger partial charge in [-0.25, -0.2) is 0 Å². The Labute approximate surface area is 97.6 Å². The van der Waals surface area contributed by atoms with Crippen LogP contribution in [0.4, 0.5) is 0 Å². The third-order valence-electron chi connectivity index (χ3n) is 1.94. The third kappa shape index (κ3) is 2.31. The number of carbonyl (C=O) groups is 1. The number of nitrogens with two attached hydrogens (primary N) is 1. The molecule has 1 heterocycles. The summed E-state index contributed by atoms with van der Waals surface area (Å²) in [7, 11) is 0. The molecule has 0 aliphatic carbocycles. The second kappa shape index (κ2) is 4.66. The van der Waals surface area contributed by atoms with Crippen molar-refractivity contribution >= 4 is 40.8 Å². The molecule has 80 valence electrons. The number of fused-ring (bicyclic) bond motifs is 1. The van der Waals surface area contributed by atoms with Crippen molar-refractivity contribution in [3.63, 3.8) is 0 Å². The van der Waals surface area contributed by atoms with Gasteiger partial charge in [0, 0.05) is 10.4 Å². The number of ketones is 1. The van der Waals surface area contributed by atoms with E-state index in [-0.39, 0.29) is 30.5 Å². The normalized spacial score (nSPS) is 10.0. The zero-order valence-electron chi connectivity index (χ0n) is 7.70. The van der Waals surface area contributed by atoms with Crippen LogP contribution < -0.4 is 5.73 Å². The summed E-state index contributed by atoms with van der Waals surface area (Å²) in [6.45, 7) is -0.0481. The Bertz CT molecular complexity index is 493. The molecule has 0 unspecified atom stereocenters. The van der Waals surface area contributed by atoms with E-state index in [9.17, 15) is 4.79 Å². The van der Waals surface area contributed by atoms with Gasteiger partial charge in [-0.05, 0) is 24.3 Å². The molecule has 0 aliphatic heterocycles. The Balaban J connectivity index is 0.00000112. The van der Waals surface area contributed by atoms with E-state index >= 15 is 0 Å². The van der Waals surface area contributed by atoms with Crippen molar-refractivity contribution in [2.24, 2.45) is 5.73 Å². The molecule has 15 heavy (non-hydrogen) atoms. The van der Waals surface area contributed by atoms with E-state index in [1.165, 1.54) is 0 Å².